The highest BCUT2D eigenvalue weighted by Crippen LogP contribution is 2.36. The third kappa shape index (κ3) is 4.76. The van der Waals surface area contributed by atoms with Crippen molar-refractivity contribution < 1.29 is 0 Å². The van der Waals surface area contributed by atoms with Gasteiger partial charge in [0.15, 0.2) is 0 Å². The molecule has 0 aromatic carbocycles. The van der Waals surface area contributed by atoms with Gasteiger partial charge >= 0.3 is 0 Å². The van der Waals surface area contributed by atoms with Crippen LogP contribution >= 0.6 is 0 Å². The van der Waals surface area contributed by atoms with Crippen LogP contribution in [-0.2, 0) is 0 Å². The van der Waals surface area contributed by atoms with Crippen LogP contribution in [0.4, 0.5) is 0 Å². The lowest BCUT2D eigenvalue weighted by atomic mass is 9.80. The molecule has 1 N–H and O–H groups in total. The molecule has 2 fully saturated rings. The molecule has 2 bridgehead atoms. The maximum absolute atomic E-state index is 5.22. The second kappa shape index (κ2) is 10.1. The van der Waals surface area contributed by atoms with Gasteiger partial charge in [0.25, 0.3) is 0 Å². The van der Waals surface area contributed by atoms with Gasteiger partial charge in [-0.3, -0.25) is 14.8 Å². The van der Waals surface area contributed by atoms with E-state index in [0.29, 0.717) is 30.2 Å². The van der Waals surface area contributed by atoms with Crippen molar-refractivity contribution in [2.45, 2.75) is 108 Å². The van der Waals surface area contributed by atoms with Gasteiger partial charge < -0.3 is 5.32 Å². The van der Waals surface area contributed by atoms with E-state index in [2.05, 4.69) is 61.3 Å². The van der Waals surface area contributed by atoms with Gasteiger partial charge in [-0.05, 0) is 91.1 Å². The Morgan fingerprint density at radius 1 is 0.767 bits per heavy atom. The molecule has 2 unspecified atom stereocenters. The Morgan fingerprint density at radius 3 is 2.07 bits per heavy atom. The summed E-state index contributed by atoms with van der Waals surface area (Å²) in [6.07, 6.45) is 13.6. The SMILES string of the molecule is C[C@H]1c2cccc(n2)[C@H](C)N(C)[C@@H]2CCCC[C@H]2CCCNC2CCCCC2N1C. The third-order valence-corrected chi connectivity index (χ3v) is 8.67. The molecule has 0 saturated heterocycles. The fourth-order valence-corrected chi connectivity index (χ4v) is 6.48. The Balaban J connectivity index is 1.63. The fraction of sp³-hybridized carbons (Fsp3) is 0.808. The first kappa shape index (κ1) is 22.2. The molecule has 30 heavy (non-hydrogen) atoms. The fourth-order valence-electron chi connectivity index (χ4n) is 6.48. The first-order valence-corrected chi connectivity index (χ1v) is 12.7. The van der Waals surface area contributed by atoms with Crippen LogP contribution in [0.2, 0.25) is 0 Å². The molecule has 3 aliphatic rings. The van der Waals surface area contributed by atoms with Gasteiger partial charge in [0.1, 0.15) is 0 Å². The monoisotopic (exact) mass is 412 g/mol. The first-order valence-electron chi connectivity index (χ1n) is 12.7. The Bertz CT molecular complexity index is 624. The zero-order valence-electron chi connectivity index (χ0n) is 19.8. The van der Waals surface area contributed by atoms with E-state index in [4.69, 9.17) is 4.98 Å². The highest BCUT2D eigenvalue weighted by Gasteiger charge is 2.34. The van der Waals surface area contributed by atoms with Crippen molar-refractivity contribution in [3.8, 4) is 0 Å². The smallest absolute Gasteiger partial charge is 0.0576 e. The highest BCUT2D eigenvalue weighted by atomic mass is 15.2. The molecular weight excluding hydrogens is 368 g/mol. The van der Waals surface area contributed by atoms with Crippen molar-refractivity contribution in [2.75, 3.05) is 20.6 Å². The minimum absolute atomic E-state index is 0.349. The van der Waals surface area contributed by atoms with Crippen LogP contribution in [0.1, 0.15) is 102 Å². The van der Waals surface area contributed by atoms with Crippen molar-refractivity contribution >= 4 is 0 Å². The molecule has 1 aromatic heterocycles. The minimum atomic E-state index is 0.349. The summed E-state index contributed by atoms with van der Waals surface area (Å²) < 4.78 is 0. The van der Waals surface area contributed by atoms with Gasteiger partial charge in [-0.2, -0.15) is 0 Å². The van der Waals surface area contributed by atoms with E-state index in [1.807, 2.05) is 0 Å². The van der Waals surface area contributed by atoms with Crippen molar-refractivity contribution in [2.24, 2.45) is 5.92 Å². The van der Waals surface area contributed by atoms with Crippen molar-refractivity contribution in [3.05, 3.63) is 29.6 Å². The Kier molecular flexibility index (Phi) is 7.48. The van der Waals surface area contributed by atoms with Gasteiger partial charge in [0.05, 0.1) is 11.4 Å². The van der Waals surface area contributed by atoms with E-state index in [9.17, 15) is 0 Å². The average Bonchev–Trinajstić information content (AvgIpc) is 2.80. The summed E-state index contributed by atoms with van der Waals surface area (Å²) in [6.45, 7) is 5.89. The molecule has 4 rings (SSSR count). The van der Waals surface area contributed by atoms with Gasteiger partial charge in [0.2, 0.25) is 0 Å². The normalized spacial score (nSPS) is 37.5. The molecule has 1 aliphatic heterocycles. The van der Waals surface area contributed by atoms with Crippen LogP contribution in [0.25, 0.3) is 0 Å². The third-order valence-electron chi connectivity index (χ3n) is 8.67. The number of rotatable bonds is 0. The van der Waals surface area contributed by atoms with Crippen molar-refractivity contribution in [3.63, 3.8) is 0 Å². The quantitative estimate of drug-likeness (QED) is 0.625. The Morgan fingerprint density at radius 2 is 1.33 bits per heavy atom. The van der Waals surface area contributed by atoms with Gasteiger partial charge in [0, 0.05) is 30.2 Å². The number of pyridine rings is 1. The number of hydrogen-bond donors (Lipinski definition) is 1. The number of aromatic nitrogens is 1. The van der Waals surface area contributed by atoms with Gasteiger partial charge in [-0.15, -0.1) is 0 Å². The summed E-state index contributed by atoms with van der Waals surface area (Å²) in [6, 6.07) is 9.39. The van der Waals surface area contributed by atoms with Crippen LogP contribution < -0.4 is 5.32 Å². The zero-order chi connectivity index (χ0) is 21.1. The van der Waals surface area contributed by atoms with Gasteiger partial charge in [-0.1, -0.05) is 31.7 Å². The highest BCUT2D eigenvalue weighted by molar-refractivity contribution is 5.17. The molecule has 2 aliphatic carbocycles. The van der Waals surface area contributed by atoms with Crippen LogP contribution in [0.15, 0.2) is 18.2 Å². The summed E-state index contributed by atoms with van der Waals surface area (Å²) in [5.41, 5.74) is 2.47. The van der Waals surface area contributed by atoms with Crippen molar-refractivity contribution in [1.82, 2.24) is 20.1 Å². The van der Waals surface area contributed by atoms with E-state index in [-0.39, 0.29) is 0 Å². The summed E-state index contributed by atoms with van der Waals surface area (Å²) >= 11 is 0. The van der Waals surface area contributed by atoms with E-state index in [1.54, 1.807) is 0 Å². The molecule has 0 amide bonds. The lowest BCUT2D eigenvalue weighted by molar-refractivity contribution is 0.0877. The summed E-state index contributed by atoms with van der Waals surface area (Å²) in [4.78, 5) is 10.5. The minimum Gasteiger partial charge on any atom is -0.312 e. The number of fused-ring (bicyclic) bond motifs is 4. The van der Waals surface area contributed by atoms with E-state index < -0.39 is 0 Å². The average molecular weight is 413 g/mol. The maximum Gasteiger partial charge on any atom is 0.0576 e. The van der Waals surface area contributed by atoms with E-state index in [1.165, 1.54) is 82.1 Å². The lowest BCUT2D eigenvalue weighted by Crippen LogP contribution is -2.51. The molecule has 1 aromatic rings. The molecule has 4 heteroatoms. The molecule has 4 nitrogen and oxygen atoms in total. The number of hydrogen-bond acceptors (Lipinski definition) is 4. The molecule has 0 radical (unpaired) electrons. The zero-order valence-corrected chi connectivity index (χ0v) is 19.8. The van der Waals surface area contributed by atoms with Crippen LogP contribution in [0, 0.1) is 5.92 Å². The van der Waals surface area contributed by atoms with Crippen molar-refractivity contribution in [1.29, 1.82) is 0 Å². The molecule has 168 valence electrons. The van der Waals surface area contributed by atoms with Crippen LogP contribution in [-0.4, -0.2) is 53.5 Å². The summed E-state index contributed by atoms with van der Waals surface area (Å²) in [5, 5.41) is 3.99. The number of nitrogens with one attached hydrogen (secondary N) is 1. The molecule has 2 heterocycles. The van der Waals surface area contributed by atoms with E-state index >= 15 is 0 Å². The van der Waals surface area contributed by atoms with Gasteiger partial charge in [-0.25, -0.2) is 0 Å². The molecular formula is C26H44N4. The second-order valence-electron chi connectivity index (χ2n) is 10.3. The maximum atomic E-state index is 5.22. The molecule has 0 spiro atoms. The lowest BCUT2D eigenvalue weighted by Gasteiger charge is -2.41. The Labute approximate surface area is 184 Å². The first-order chi connectivity index (χ1) is 14.6. The summed E-state index contributed by atoms with van der Waals surface area (Å²) in [5.74, 6) is 0.838. The summed E-state index contributed by atoms with van der Waals surface area (Å²) in [7, 11) is 4.67. The topological polar surface area (TPSA) is 31.4 Å². The molecule has 6 atom stereocenters. The predicted molar refractivity (Wildman–Crippen MR) is 126 cm³/mol. The second-order valence-corrected chi connectivity index (χ2v) is 10.3. The molecule has 2 saturated carbocycles. The Hall–Kier alpha value is -0.970. The predicted octanol–water partition coefficient (Wildman–Crippen LogP) is 5.32. The number of likely N-dealkylation sites (N-methyl/N-ethyl adjacent to an activating group) is 1. The number of nitrogens with zero attached hydrogens (tertiary/aromatic N) is 3. The van der Waals surface area contributed by atoms with Crippen LogP contribution in [0.3, 0.4) is 0 Å². The van der Waals surface area contributed by atoms with E-state index in [0.717, 1.165) is 5.92 Å². The standard InChI is InChI=1S/C26H44N4/c1-19-22-14-9-15-23(28-22)20(2)30(4)26-17-8-6-13-24(26)27-18-10-12-21-11-5-7-16-25(21)29(19)3/h9,14-15,19-21,24-27H,5-8,10-13,16-18H2,1-4H3/t19-,20-,21-,24?,25+,26?/m0/s1. The van der Waals surface area contributed by atoms with Crippen LogP contribution in [0.5, 0.6) is 0 Å². The largest absolute Gasteiger partial charge is 0.312 e.